The molecular formula is C19H18BrClN4S. The van der Waals surface area contributed by atoms with Gasteiger partial charge in [0, 0.05) is 15.9 Å². The molecule has 0 atom stereocenters. The minimum absolute atomic E-state index is 0.487. The molecule has 0 unspecified atom stereocenters. The molecule has 0 fully saturated rings. The lowest BCUT2D eigenvalue weighted by molar-refractivity contribution is 0.659. The highest BCUT2D eigenvalue weighted by Crippen LogP contribution is 2.25. The van der Waals surface area contributed by atoms with Crippen molar-refractivity contribution in [1.82, 2.24) is 9.78 Å². The summed E-state index contributed by atoms with van der Waals surface area (Å²) in [7, 11) is 0. The van der Waals surface area contributed by atoms with Crippen molar-refractivity contribution < 1.29 is 0 Å². The van der Waals surface area contributed by atoms with Crippen LogP contribution >= 0.6 is 39.7 Å². The van der Waals surface area contributed by atoms with E-state index in [0.29, 0.717) is 10.1 Å². The van der Waals surface area contributed by atoms with E-state index in [2.05, 4.69) is 56.8 Å². The van der Waals surface area contributed by atoms with Crippen LogP contribution in [-0.4, -0.2) is 14.9 Å². The number of aromatic nitrogens is 2. The molecule has 0 bridgehead atoms. The number of halogens is 2. The molecule has 2 aromatic carbocycles. The van der Waals surface area contributed by atoms with E-state index < -0.39 is 0 Å². The number of benzene rings is 2. The maximum atomic E-state index is 6.20. The molecule has 0 spiro atoms. The van der Waals surface area contributed by atoms with Crippen LogP contribution in [0.25, 0.3) is 0 Å². The van der Waals surface area contributed by atoms with Gasteiger partial charge in [-0.05, 0) is 68.0 Å². The molecule has 4 nitrogen and oxygen atoms in total. The maximum Gasteiger partial charge on any atom is 0.175 e. The van der Waals surface area contributed by atoms with Gasteiger partial charge in [0.25, 0.3) is 0 Å². The molecule has 0 amide bonds. The van der Waals surface area contributed by atoms with Gasteiger partial charge in [-0.1, -0.05) is 39.7 Å². The molecule has 26 heavy (non-hydrogen) atoms. The van der Waals surface area contributed by atoms with Crippen LogP contribution in [0.4, 0.5) is 11.4 Å². The van der Waals surface area contributed by atoms with E-state index in [-0.39, 0.29) is 0 Å². The largest absolute Gasteiger partial charge is 0.332 e. The number of aryl methyl sites for hydroxylation is 2. The van der Waals surface area contributed by atoms with Gasteiger partial charge in [0.2, 0.25) is 0 Å². The Morgan fingerprint density at radius 3 is 2.46 bits per heavy atom. The van der Waals surface area contributed by atoms with Gasteiger partial charge in [-0.25, -0.2) is 0 Å². The summed E-state index contributed by atoms with van der Waals surface area (Å²) < 4.78 is 2.92. The van der Waals surface area contributed by atoms with Gasteiger partial charge in [0.1, 0.15) is 0 Å². The zero-order chi connectivity index (χ0) is 18.7. The Balaban J connectivity index is 1.61. The van der Waals surface area contributed by atoms with E-state index in [1.54, 1.807) is 0 Å². The number of hydrogen-bond donors (Lipinski definition) is 2. The molecule has 0 saturated carbocycles. The average Bonchev–Trinajstić information content (AvgIpc) is 2.89. The number of thiocarbonyl (C=S) groups is 1. The molecule has 7 heteroatoms. The Labute approximate surface area is 171 Å². The van der Waals surface area contributed by atoms with Crippen LogP contribution in [0.2, 0.25) is 5.02 Å². The van der Waals surface area contributed by atoms with Crippen LogP contribution in [0.3, 0.4) is 0 Å². The molecule has 134 valence electrons. The van der Waals surface area contributed by atoms with Crippen LogP contribution in [0, 0.1) is 13.8 Å². The van der Waals surface area contributed by atoms with Crippen LogP contribution < -0.4 is 10.6 Å². The van der Waals surface area contributed by atoms with Gasteiger partial charge in [-0.3, -0.25) is 4.68 Å². The Morgan fingerprint density at radius 2 is 1.85 bits per heavy atom. The van der Waals surface area contributed by atoms with Gasteiger partial charge in [0.05, 0.1) is 22.9 Å². The third-order valence-corrected chi connectivity index (χ3v) is 4.84. The van der Waals surface area contributed by atoms with E-state index in [0.717, 1.165) is 33.8 Å². The minimum atomic E-state index is 0.487. The summed E-state index contributed by atoms with van der Waals surface area (Å²) in [5, 5.41) is 11.8. The van der Waals surface area contributed by atoms with Crippen LogP contribution in [0.15, 0.2) is 53.0 Å². The fourth-order valence-electron chi connectivity index (χ4n) is 2.58. The summed E-state index contributed by atoms with van der Waals surface area (Å²) in [6, 6.07) is 15.8. The van der Waals surface area contributed by atoms with E-state index >= 15 is 0 Å². The molecule has 3 aromatic rings. The van der Waals surface area contributed by atoms with E-state index in [1.807, 2.05) is 41.9 Å². The highest BCUT2D eigenvalue weighted by molar-refractivity contribution is 9.10. The van der Waals surface area contributed by atoms with Gasteiger partial charge < -0.3 is 10.6 Å². The van der Waals surface area contributed by atoms with Crippen molar-refractivity contribution in [2.75, 3.05) is 10.6 Å². The Kier molecular flexibility index (Phi) is 5.96. The highest BCUT2D eigenvalue weighted by atomic mass is 79.9. The standard InChI is InChI=1S/C19H18BrClN4S/c1-12-9-13(2)25(24-12)11-14-3-6-16(7-4-14)22-19(26)23-18-8-5-15(20)10-17(18)21/h3-10H,11H2,1-2H3,(H2,22,23,26). The van der Waals surface area contributed by atoms with E-state index in [9.17, 15) is 0 Å². The first kappa shape index (κ1) is 18.9. The quantitative estimate of drug-likeness (QED) is 0.496. The first-order valence-electron chi connectivity index (χ1n) is 8.04. The zero-order valence-corrected chi connectivity index (χ0v) is 17.5. The predicted molar refractivity (Wildman–Crippen MR) is 116 cm³/mol. The second-order valence-corrected chi connectivity index (χ2v) is 7.72. The summed E-state index contributed by atoms with van der Waals surface area (Å²) >= 11 is 14.9. The fourth-order valence-corrected chi connectivity index (χ4v) is 3.53. The maximum absolute atomic E-state index is 6.20. The minimum Gasteiger partial charge on any atom is -0.332 e. The number of anilines is 2. The van der Waals surface area contributed by atoms with Crippen LogP contribution in [0.1, 0.15) is 17.0 Å². The number of nitrogens with zero attached hydrogens (tertiary/aromatic N) is 2. The van der Waals surface area contributed by atoms with Crippen molar-refractivity contribution in [2.24, 2.45) is 0 Å². The Hall–Kier alpha value is -1.89. The Morgan fingerprint density at radius 1 is 1.12 bits per heavy atom. The molecule has 3 rings (SSSR count). The van der Waals surface area contributed by atoms with Crippen LogP contribution in [0.5, 0.6) is 0 Å². The van der Waals surface area contributed by atoms with Crippen molar-refractivity contribution in [3.63, 3.8) is 0 Å². The van der Waals surface area contributed by atoms with Gasteiger partial charge in [0.15, 0.2) is 5.11 Å². The summed E-state index contributed by atoms with van der Waals surface area (Å²) in [6.07, 6.45) is 0. The fraction of sp³-hybridized carbons (Fsp3) is 0.158. The first-order valence-corrected chi connectivity index (χ1v) is 9.62. The number of nitrogens with one attached hydrogen (secondary N) is 2. The normalized spacial score (nSPS) is 10.6. The van der Waals surface area contributed by atoms with E-state index in [4.69, 9.17) is 23.8 Å². The second-order valence-electron chi connectivity index (χ2n) is 5.98. The monoisotopic (exact) mass is 448 g/mol. The SMILES string of the molecule is Cc1cc(C)n(Cc2ccc(NC(=S)Nc3ccc(Br)cc3Cl)cc2)n1. The molecule has 0 aliphatic heterocycles. The molecule has 1 aromatic heterocycles. The van der Waals surface area contributed by atoms with Gasteiger partial charge >= 0.3 is 0 Å². The summed E-state index contributed by atoms with van der Waals surface area (Å²) in [6.45, 7) is 4.81. The molecular weight excluding hydrogens is 432 g/mol. The van der Waals surface area contributed by atoms with Crippen molar-refractivity contribution >= 4 is 56.2 Å². The summed E-state index contributed by atoms with van der Waals surface area (Å²) in [4.78, 5) is 0. The number of hydrogen-bond acceptors (Lipinski definition) is 2. The lowest BCUT2D eigenvalue weighted by Crippen LogP contribution is -2.19. The zero-order valence-electron chi connectivity index (χ0n) is 14.4. The molecule has 0 aliphatic carbocycles. The third kappa shape index (κ3) is 4.84. The van der Waals surface area contributed by atoms with Crippen molar-refractivity contribution in [3.05, 3.63) is 75.0 Å². The van der Waals surface area contributed by atoms with Crippen molar-refractivity contribution in [3.8, 4) is 0 Å². The summed E-state index contributed by atoms with van der Waals surface area (Å²) in [5.41, 5.74) is 5.03. The summed E-state index contributed by atoms with van der Waals surface area (Å²) in [5.74, 6) is 0. The molecule has 2 N–H and O–H groups in total. The van der Waals surface area contributed by atoms with Gasteiger partial charge in [-0.2, -0.15) is 5.10 Å². The Bertz CT molecular complexity index is 937. The molecule has 0 aliphatic rings. The highest BCUT2D eigenvalue weighted by Gasteiger charge is 2.05. The molecule has 0 saturated heterocycles. The lowest BCUT2D eigenvalue weighted by atomic mass is 10.2. The van der Waals surface area contributed by atoms with Crippen LogP contribution in [-0.2, 0) is 6.54 Å². The predicted octanol–water partition coefficient (Wildman–Crippen LogP) is 5.77. The second kappa shape index (κ2) is 8.20. The lowest BCUT2D eigenvalue weighted by Gasteiger charge is -2.12. The van der Waals surface area contributed by atoms with Gasteiger partial charge in [-0.15, -0.1) is 0 Å². The first-order chi connectivity index (χ1) is 12.4. The third-order valence-electron chi connectivity index (χ3n) is 3.83. The smallest absolute Gasteiger partial charge is 0.175 e. The topological polar surface area (TPSA) is 41.9 Å². The average molecular weight is 450 g/mol. The number of rotatable bonds is 4. The van der Waals surface area contributed by atoms with Crippen molar-refractivity contribution in [1.29, 1.82) is 0 Å². The van der Waals surface area contributed by atoms with Crippen molar-refractivity contribution in [2.45, 2.75) is 20.4 Å². The van der Waals surface area contributed by atoms with E-state index in [1.165, 1.54) is 5.56 Å². The molecule has 0 radical (unpaired) electrons. The molecule has 1 heterocycles.